The third kappa shape index (κ3) is 5.95. The van der Waals surface area contributed by atoms with E-state index in [1.54, 1.807) is 12.7 Å². The molecule has 3 N–H and O–H groups in total. The first-order valence-electron chi connectivity index (χ1n) is 9.10. The Balaban J connectivity index is 0.00000261. The van der Waals surface area contributed by atoms with Gasteiger partial charge in [-0.2, -0.15) is 0 Å². The van der Waals surface area contributed by atoms with Crippen LogP contribution in [0.1, 0.15) is 24.0 Å². The second-order valence-electron chi connectivity index (χ2n) is 6.39. The summed E-state index contributed by atoms with van der Waals surface area (Å²) in [6, 6.07) is 6.37. The molecule has 3 rings (SSSR count). The van der Waals surface area contributed by atoms with E-state index in [0.717, 1.165) is 44.9 Å². The number of rotatable bonds is 8. The van der Waals surface area contributed by atoms with Gasteiger partial charge in [0.2, 0.25) is 0 Å². The zero-order chi connectivity index (χ0) is 18.2. The molecule has 0 aliphatic heterocycles. The van der Waals surface area contributed by atoms with Crippen LogP contribution in [0.4, 0.5) is 0 Å². The lowest BCUT2D eigenvalue weighted by Gasteiger charge is -2.12. The molecule has 0 aliphatic rings. The van der Waals surface area contributed by atoms with Crippen molar-refractivity contribution in [1.29, 1.82) is 0 Å². The van der Waals surface area contributed by atoms with Gasteiger partial charge in [-0.25, -0.2) is 0 Å². The lowest BCUT2D eigenvalue weighted by atomic mass is 10.1. The number of nitrogens with one attached hydrogen (secondary N) is 3. The Morgan fingerprint density at radius 3 is 2.70 bits per heavy atom. The number of aliphatic imine (C=N–C) groups is 1. The lowest BCUT2D eigenvalue weighted by molar-refractivity contribution is 0.597. The molecule has 0 atom stereocenters. The van der Waals surface area contributed by atoms with Crippen LogP contribution in [-0.4, -0.2) is 45.8 Å². The number of benzene rings is 1. The van der Waals surface area contributed by atoms with Gasteiger partial charge in [-0.05, 0) is 43.4 Å². The summed E-state index contributed by atoms with van der Waals surface area (Å²) in [5.74, 6) is 0.853. The van der Waals surface area contributed by atoms with Crippen molar-refractivity contribution in [3.8, 4) is 0 Å². The summed E-state index contributed by atoms with van der Waals surface area (Å²) in [5.41, 5.74) is 3.86. The van der Waals surface area contributed by atoms with E-state index in [0.29, 0.717) is 0 Å². The SMILES string of the molecule is CN=C(NCCCCn1cnnc1)NCCc1c[nH]c2cccc(C)c12.I. The highest BCUT2D eigenvalue weighted by atomic mass is 127. The average Bonchev–Trinajstić information content (AvgIpc) is 3.30. The van der Waals surface area contributed by atoms with Gasteiger partial charge in [-0.3, -0.25) is 4.99 Å². The standard InChI is InChI=1S/C19H27N7.HI/c1-15-6-5-7-17-18(15)16(12-23-17)8-10-22-19(20-2)21-9-3-4-11-26-13-24-25-14-26;/h5-7,12-14,23H,3-4,8-11H2,1-2H3,(H2,20,21,22);1H. The Kier molecular flexibility index (Phi) is 8.56. The Bertz CT molecular complexity index is 839. The minimum Gasteiger partial charge on any atom is -0.361 e. The Morgan fingerprint density at radius 2 is 1.93 bits per heavy atom. The first-order valence-corrected chi connectivity index (χ1v) is 9.10. The maximum absolute atomic E-state index is 4.30. The largest absolute Gasteiger partial charge is 0.361 e. The average molecular weight is 481 g/mol. The third-order valence-electron chi connectivity index (χ3n) is 4.51. The number of H-pyrrole nitrogens is 1. The predicted octanol–water partition coefficient (Wildman–Crippen LogP) is 2.87. The minimum absolute atomic E-state index is 0. The van der Waals surface area contributed by atoms with Gasteiger partial charge in [0.05, 0.1) is 0 Å². The van der Waals surface area contributed by atoms with Crippen molar-refractivity contribution in [3.05, 3.63) is 48.2 Å². The van der Waals surface area contributed by atoms with Gasteiger partial charge in [-0.15, -0.1) is 34.2 Å². The number of halogens is 1. The van der Waals surface area contributed by atoms with E-state index in [4.69, 9.17) is 0 Å². The summed E-state index contributed by atoms with van der Waals surface area (Å²) in [6.45, 7) is 4.85. The highest BCUT2D eigenvalue weighted by molar-refractivity contribution is 14.0. The van der Waals surface area contributed by atoms with E-state index in [1.165, 1.54) is 22.0 Å². The molecule has 0 saturated carbocycles. The molecule has 0 amide bonds. The molecule has 0 spiro atoms. The van der Waals surface area contributed by atoms with Crippen LogP contribution in [-0.2, 0) is 13.0 Å². The smallest absolute Gasteiger partial charge is 0.190 e. The Hall–Kier alpha value is -2.10. The number of guanidine groups is 1. The Labute approximate surface area is 177 Å². The van der Waals surface area contributed by atoms with Crippen LogP contribution >= 0.6 is 24.0 Å². The van der Waals surface area contributed by atoms with E-state index in [1.807, 2.05) is 11.6 Å². The monoisotopic (exact) mass is 481 g/mol. The Morgan fingerprint density at radius 1 is 1.15 bits per heavy atom. The topological polar surface area (TPSA) is 82.9 Å². The molecule has 0 radical (unpaired) electrons. The van der Waals surface area contributed by atoms with Crippen molar-refractivity contribution in [2.45, 2.75) is 32.7 Å². The molecule has 2 heterocycles. The van der Waals surface area contributed by atoms with Crippen LogP contribution in [0.2, 0.25) is 0 Å². The van der Waals surface area contributed by atoms with Crippen LogP contribution in [0, 0.1) is 6.92 Å². The first-order chi connectivity index (χ1) is 12.8. The maximum Gasteiger partial charge on any atom is 0.190 e. The van der Waals surface area contributed by atoms with Gasteiger partial charge >= 0.3 is 0 Å². The van der Waals surface area contributed by atoms with Crippen LogP contribution in [0.25, 0.3) is 10.9 Å². The molecule has 1 aromatic carbocycles. The molecular formula is C19H28IN7. The van der Waals surface area contributed by atoms with Crippen molar-refractivity contribution in [3.63, 3.8) is 0 Å². The summed E-state index contributed by atoms with van der Waals surface area (Å²) in [7, 11) is 1.81. The highest BCUT2D eigenvalue weighted by Gasteiger charge is 2.06. The van der Waals surface area contributed by atoms with Gasteiger partial charge in [0, 0.05) is 43.8 Å². The predicted molar refractivity (Wildman–Crippen MR) is 121 cm³/mol. The van der Waals surface area contributed by atoms with Gasteiger partial charge in [-0.1, -0.05) is 12.1 Å². The van der Waals surface area contributed by atoms with Crippen molar-refractivity contribution >= 4 is 40.8 Å². The maximum atomic E-state index is 4.30. The van der Waals surface area contributed by atoms with Crippen LogP contribution in [0.3, 0.4) is 0 Å². The second kappa shape index (κ2) is 10.9. The molecule has 146 valence electrons. The summed E-state index contributed by atoms with van der Waals surface area (Å²) in [4.78, 5) is 7.65. The molecule has 0 unspecified atom stereocenters. The fraction of sp³-hybridized carbons (Fsp3) is 0.421. The quantitative estimate of drug-likeness (QED) is 0.200. The number of nitrogens with zero attached hydrogens (tertiary/aromatic N) is 4. The molecule has 27 heavy (non-hydrogen) atoms. The van der Waals surface area contributed by atoms with Crippen molar-refractivity contribution < 1.29 is 0 Å². The molecule has 3 aromatic rings. The fourth-order valence-electron chi connectivity index (χ4n) is 3.15. The van der Waals surface area contributed by atoms with E-state index in [9.17, 15) is 0 Å². The van der Waals surface area contributed by atoms with E-state index < -0.39 is 0 Å². The minimum atomic E-state index is 0. The molecule has 8 heteroatoms. The number of aromatic amines is 1. The number of hydrogen-bond acceptors (Lipinski definition) is 3. The zero-order valence-electron chi connectivity index (χ0n) is 15.9. The van der Waals surface area contributed by atoms with Crippen molar-refractivity contribution in [1.82, 2.24) is 30.4 Å². The lowest BCUT2D eigenvalue weighted by Crippen LogP contribution is -2.38. The normalized spacial score (nSPS) is 11.4. The number of fused-ring (bicyclic) bond motifs is 1. The molecule has 0 saturated heterocycles. The second-order valence-corrected chi connectivity index (χ2v) is 6.39. The van der Waals surface area contributed by atoms with Gasteiger partial charge in [0.15, 0.2) is 5.96 Å². The number of aryl methyl sites for hydroxylation is 2. The van der Waals surface area contributed by atoms with Gasteiger partial charge in [0.1, 0.15) is 12.7 Å². The number of unbranched alkanes of at least 4 members (excludes halogenated alkanes) is 1. The zero-order valence-corrected chi connectivity index (χ0v) is 18.2. The molecule has 0 fully saturated rings. The summed E-state index contributed by atoms with van der Waals surface area (Å²) in [6.07, 6.45) is 8.72. The van der Waals surface area contributed by atoms with Gasteiger partial charge < -0.3 is 20.2 Å². The van der Waals surface area contributed by atoms with Gasteiger partial charge in [0.25, 0.3) is 0 Å². The molecule has 7 nitrogen and oxygen atoms in total. The summed E-state index contributed by atoms with van der Waals surface area (Å²) >= 11 is 0. The molecule has 0 aliphatic carbocycles. The fourth-order valence-corrected chi connectivity index (χ4v) is 3.15. The third-order valence-corrected chi connectivity index (χ3v) is 4.51. The van der Waals surface area contributed by atoms with Crippen LogP contribution < -0.4 is 10.6 Å². The van der Waals surface area contributed by atoms with Crippen LogP contribution in [0.15, 0.2) is 42.0 Å². The van der Waals surface area contributed by atoms with Crippen LogP contribution in [0.5, 0.6) is 0 Å². The number of hydrogen-bond donors (Lipinski definition) is 3. The molecular weight excluding hydrogens is 453 g/mol. The summed E-state index contributed by atoms with van der Waals surface area (Å²) in [5, 5.41) is 15.7. The van der Waals surface area contributed by atoms with E-state index >= 15 is 0 Å². The highest BCUT2D eigenvalue weighted by Crippen LogP contribution is 2.22. The first kappa shape index (κ1) is 21.2. The van der Waals surface area contributed by atoms with Crippen molar-refractivity contribution in [2.75, 3.05) is 20.1 Å². The van der Waals surface area contributed by atoms with Crippen molar-refractivity contribution in [2.24, 2.45) is 4.99 Å². The molecule has 0 bridgehead atoms. The summed E-state index contributed by atoms with van der Waals surface area (Å²) < 4.78 is 2.00. The molecule has 2 aromatic heterocycles. The number of aromatic nitrogens is 4. The van der Waals surface area contributed by atoms with E-state index in [2.05, 4.69) is 62.1 Å². The van der Waals surface area contributed by atoms with E-state index in [-0.39, 0.29) is 24.0 Å².